The van der Waals surface area contributed by atoms with Crippen LogP contribution in [0.15, 0.2) is 40.8 Å². The molecule has 0 fully saturated rings. The normalized spacial score (nSPS) is 14.0. The van der Waals surface area contributed by atoms with Gasteiger partial charge in [-0.25, -0.2) is 0 Å². The van der Waals surface area contributed by atoms with Gasteiger partial charge in [0, 0.05) is 35.6 Å². The first-order valence-electron chi connectivity index (χ1n) is 9.59. The smallest absolute Gasteiger partial charge is 0.285 e. The summed E-state index contributed by atoms with van der Waals surface area (Å²) < 4.78 is 3.23. The van der Waals surface area contributed by atoms with Crippen LogP contribution in [0.4, 0.5) is 5.69 Å². The van der Waals surface area contributed by atoms with E-state index in [1.807, 2.05) is 19.9 Å². The summed E-state index contributed by atoms with van der Waals surface area (Å²) in [5.41, 5.74) is 3.28. The van der Waals surface area contributed by atoms with Gasteiger partial charge in [-0.1, -0.05) is 11.6 Å². The zero-order chi connectivity index (χ0) is 20.3. The van der Waals surface area contributed by atoms with Gasteiger partial charge in [0.2, 0.25) is 0 Å². The molecule has 0 atom stereocenters. The van der Waals surface area contributed by atoms with Crippen molar-refractivity contribution in [2.75, 3.05) is 0 Å². The number of ketones is 1. The summed E-state index contributed by atoms with van der Waals surface area (Å²) in [7, 11) is 0. The molecule has 7 nitrogen and oxygen atoms in total. The molecule has 0 amide bonds. The Morgan fingerprint density at radius 1 is 1.25 bits per heavy atom. The van der Waals surface area contributed by atoms with Crippen molar-refractivity contribution in [1.29, 1.82) is 0 Å². The number of nitro groups is 1. The number of nitrogens with zero attached hydrogens (tertiary/aromatic N) is 3. The first kappa shape index (κ1) is 19.8. The molecule has 1 aliphatic carbocycles. The van der Waals surface area contributed by atoms with Gasteiger partial charge in [-0.2, -0.15) is 0 Å². The first-order valence-corrected chi connectivity index (χ1v) is 9.59. The van der Waals surface area contributed by atoms with E-state index in [0.717, 1.165) is 60.1 Å². The van der Waals surface area contributed by atoms with E-state index in [2.05, 4.69) is 10.6 Å². The van der Waals surface area contributed by atoms with Crippen LogP contribution in [0.3, 0.4) is 0 Å². The van der Waals surface area contributed by atoms with E-state index in [4.69, 9.17) is 0 Å². The van der Waals surface area contributed by atoms with Crippen molar-refractivity contribution in [3.05, 3.63) is 73.5 Å². The molecule has 0 N–H and O–H groups in total. The highest BCUT2D eigenvalue weighted by Crippen LogP contribution is 2.23. The minimum absolute atomic E-state index is 0.210. The lowest BCUT2D eigenvalue weighted by molar-refractivity contribution is -0.385. The number of carbonyl (C=O) groups excluding carboxylic acids is 1. The molecule has 28 heavy (non-hydrogen) atoms. The molecule has 0 aromatic carbocycles. The number of aryl methyl sites for hydroxylation is 1. The lowest BCUT2D eigenvalue weighted by atomic mass is 9.97. The van der Waals surface area contributed by atoms with Gasteiger partial charge < -0.3 is 9.13 Å². The fourth-order valence-corrected chi connectivity index (χ4v) is 3.80. The largest absolute Gasteiger partial charge is 0.348 e. The zero-order valence-electron chi connectivity index (χ0n) is 16.3. The van der Waals surface area contributed by atoms with Crippen molar-refractivity contribution in [3.8, 4) is 0 Å². The van der Waals surface area contributed by atoms with Crippen molar-refractivity contribution in [1.82, 2.24) is 9.13 Å². The standard InChI is InChI=1S/C21H25N3O4/c1-15-12-19(16(2)23(15)11-10-17-6-4-3-5-7-17)20(25)14-22-13-18(24(27)28)8-9-21(22)26/h6,8-9,12-13H,3-5,7,10-11,14H2,1-2H3. The van der Waals surface area contributed by atoms with E-state index < -0.39 is 10.5 Å². The Balaban J connectivity index is 1.77. The number of Topliss-reactive ketones (excluding diaryl/α,β-unsaturated/α-hetero) is 1. The molecule has 3 rings (SSSR count). The predicted octanol–water partition coefficient (Wildman–Crippen LogP) is 3.95. The summed E-state index contributed by atoms with van der Waals surface area (Å²) in [6, 6.07) is 4.11. The molecule has 0 radical (unpaired) electrons. The van der Waals surface area contributed by atoms with Gasteiger partial charge in [0.05, 0.1) is 17.7 Å². The zero-order valence-corrected chi connectivity index (χ0v) is 16.3. The van der Waals surface area contributed by atoms with Crippen LogP contribution >= 0.6 is 0 Å². The van der Waals surface area contributed by atoms with Crippen molar-refractivity contribution < 1.29 is 9.72 Å². The highest BCUT2D eigenvalue weighted by molar-refractivity contribution is 5.97. The van der Waals surface area contributed by atoms with Crippen LogP contribution in [0.25, 0.3) is 0 Å². The van der Waals surface area contributed by atoms with Gasteiger partial charge in [-0.3, -0.25) is 19.7 Å². The van der Waals surface area contributed by atoms with Gasteiger partial charge in [0.1, 0.15) is 0 Å². The van der Waals surface area contributed by atoms with Gasteiger partial charge in [0.25, 0.3) is 11.2 Å². The maximum atomic E-state index is 12.8. The lowest BCUT2D eigenvalue weighted by Crippen LogP contribution is -2.23. The molecule has 2 heterocycles. The Bertz CT molecular complexity index is 998. The molecule has 0 spiro atoms. The van der Waals surface area contributed by atoms with E-state index in [-0.39, 0.29) is 18.0 Å². The maximum Gasteiger partial charge on any atom is 0.285 e. The molecule has 0 unspecified atom stereocenters. The minimum atomic E-state index is -0.577. The van der Waals surface area contributed by atoms with Crippen LogP contribution in [0, 0.1) is 24.0 Å². The Kier molecular flexibility index (Phi) is 5.92. The monoisotopic (exact) mass is 383 g/mol. The van der Waals surface area contributed by atoms with Crippen LogP contribution in [0.5, 0.6) is 0 Å². The fourth-order valence-electron chi connectivity index (χ4n) is 3.80. The van der Waals surface area contributed by atoms with E-state index in [1.54, 1.807) is 0 Å². The predicted molar refractivity (Wildman–Crippen MR) is 107 cm³/mol. The summed E-state index contributed by atoms with van der Waals surface area (Å²) >= 11 is 0. The van der Waals surface area contributed by atoms with Gasteiger partial charge in [-0.15, -0.1) is 0 Å². The minimum Gasteiger partial charge on any atom is -0.348 e. The van der Waals surface area contributed by atoms with E-state index in [0.29, 0.717) is 5.56 Å². The number of hydrogen-bond acceptors (Lipinski definition) is 4. The van der Waals surface area contributed by atoms with Gasteiger partial charge in [-0.05, 0) is 52.0 Å². The maximum absolute atomic E-state index is 12.8. The summed E-state index contributed by atoms with van der Waals surface area (Å²) in [6.07, 6.45) is 9.25. The average Bonchev–Trinajstić information content (AvgIpc) is 2.96. The Morgan fingerprint density at radius 2 is 2.04 bits per heavy atom. The van der Waals surface area contributed by atoms with Crippen molar-refractivity contribution in [2.45, 2.75) is 59.0 Å². The highest BCUT2D eigenvalue weighted by Gasteiger charge is 2.18. The lowest BCUT2D eigenvalue weighted by Gasteiger charge is -2.15. The second-order valence-corrected chi connectivity index (χ2v) is 7.33. The number of pyridine rings is 1. The summed E-state index contributed by atoms with van der Waals surface area (Å²) in [6.45, 7) is 4.49. The summed E-state index contributed by atoms with van der Waals surface area (Å²) in [5.74, 6) is -0.223. The quantitative estimate of drug-likeness (QED) is 0.313. The summed E-state index contributed by atoms with van der Waals surface area (Å²) in [4.78, 5) is 35.1. The van der Waals surface area contributed by atoms with E-state index >= 15 is 0 Å². The average molecular weight is 383 g/mol. The van der Waals surface area contributed by atoms with E-state index in [1.165, 1.54) is 18.4 Å². The van der Waals surface area contributed by atoms with Gasteiger partial charge >= 0.3 is 0 Å². The molecule has 2 aromatic heterocycles. The van der Waals surface area contributed by atoms with Crippen molar-refractivity contribution in [3.63, 3.8) is 0 Å². The first-order chi connectivity index (χ1) is 13.4. The van der Waals surface area contributed by atoms with Crippen LogP contribution < -0.4 is 5.56 Å². The fraction of sp³-hybridized carbons (Fsp3) is 0.429. The topological polar surface area (TPSA) is 87.1 Å². The van der Waals surface area contributed by atoms with Crippen LogP contribution in [-0.2, 0) is 13.1 Å². The van der Waals surface area contributed by atoms with Crippen molar-refractivity contribution in [2.24, 2.45) is 0 Å². The molecule has 7 heteroatoms. The molecule has 148 valence electrons. The molecule has 0 aliphatic heterocycles. The molecular formula is C21H25N3O4. The number of carbonyl (C=O) groups is 1. The van der Waals surface area contributed by atoms with Crippen LogP contribution in [0.2, 0.25) is 0 Å². The molecule has 1 aliphatic rings. The molecule has 0 saturated carbocycles. The molecule has 0 saturated heterocycles. The number of allylic oxidation sites excluding steroid dienone is 2. The van der Waals surface area contributed by atoms with E-state index in [9.17, 15) is 19.7 Å². The SMILES string of the molecule is Cc1cc(C(=O)Cn2cc([N+](=O)[O-])ccc2=O)c(C)n1CCC1=CCCCC1. The Morgan fingerprint density at radius 3 is 2.71 bits per heavy atom. The molecule has 2 aromatic rings. The Labute approximate surface area is 163 Å². The number of rotatable bonds is 7. The number of hydrogen-bond donors (Lipinski definition) is 0. The van der Waals surface area contributed by atoms with Crippen molar-refractivity contribution >= 4 is 11.5 Å². The third-order valence-electron chi connectivity index (χ3n) is 5.41. The highest BCUT2D eigenvalue weighted by atomic mass is 16.6. The molecule has 0 bridgehead atoms. The molecular weight excluding hydrogens is 358 g/mol. The second-order valence-electron chi connectivity index (χ2n) is 7.33. The van der Waals surface area contributed by atoms with Crippen LogP contribution in [-0.4, -0.2) is 19.8 Å². The Hall–Kier alpha value is -2.96. The number of aromatic nitrogens is 2. The second kappa shape index (κ2) is 8.37. The van der Waals surface area contributed by atoms with Gasteiger partial charge in [0.15, 0.2) is 5.78 Å². The van der Waals surface area contributed by atoms with Crippen LogP contribution in [0.1, 0.15) is 53.8 Å². The third kappa shape index (κ3) is 4.30. The third-order valence-corrected chi connectivity index (χ3v) is 5.41. The summed E-state index contributed by atoms with van der Waals surface area (Å²) in [5, 5.41) is 10.9.